The lowest BCUT2D eigenvalue weighted by atomic mass is 10.1. The van der Waals surface area contributed by atoms with Crippen LogP contribution in [0.4, 0.5) is 5.69 Å². The smallest absolute Gasteiger partial charge is 0.354 e. The quantitative estimate of drug-likeness (QED) is 0.929. The van der Waals surface area contributed by atoms with Gasteiger partial charge < -0.3 is 10.0 Å². The van der Waals surface area contributed by atoms with Crippen LogP contribution >= 0.6 is 0 Å². The number of rotatable bonds is 3. The highest BCUT2D eigenvalue weighted by Crippen LogP contribution is 2.33. The summed E-state index contributed by atoms with van der Waals surface area (Å²) in [5.74, 6) is -0.968. The molecule has 1 saturated heterocycles. The van der Waals surface area contributed by atoms with Crippen LogP contribution in [0.1, 0.15) is 36.7 Å². The van der Waals surface area contributed by atoms with Crippen LogP contribution in [0, 0.1) is 0 Å². The predicted molar refractivity (Wildman–Crippen MR) is 79.4 cm³/mol. The van der Waals surface area contributed by atoms with Crippen molar-refractivity contribution in [3.05, 3.63) is 36.0 Å². The van der Waals surface area contributed by atoms with Crippen LogP contribution in [0.2, 0.25) is 0 Å². The van der Waals surface area contributed by atoms with Gasteiger partial charge in [0.2, 0.25) is 0 Å². The zero-order valence-electron chi connectivity index (χ0n) is 11.5. The molecule has 1 fully saturated rings. The number of aromatic carboxylic acids is 1. The first-order chi connectivity index (χ1) is 9.70. The van der Waals surface area contributed by atoms with Crippen molar-refractivity contribution in [3.8, 4) is 0 Å². The van der Waals surface area contributed by atoms with Gasteiger partial charge in [-0.25, -0.2) is 9.78 Å². The number of hydrogen-bond donors (Lipinski definition) is 1. The number of hydrogen-bond acceptors (Lipinski definition) is 3. The third-order valence-corrected chi connectivity index (χ3v) is 4.07. The Morgan fingerprint density at radius 1 is 1.45 bits per heavy atom. The number of anilines is 1. The number of carboxylic acids is 1. The van der Waals surface area contributed by atoms with E-state index in [0.29, 0.717) is 6.04 Å². The van der Waals surface area contributed by atoms with Crippen molar-refractivity contribution >= 4 is 22.6 Å². The lowest BCUT2D eigenvalue weighted by Crippen LogP contribution is -2.29. The van der Waals surface area contributed by atoms with Gasteiger partial charge in [-0.05, 0) is 31.4 Å². The third kappa shape index (κ3) is 2.11. The minimum Gasteiger partial charge on any atom is -0.477 e. The average molecular weight is 270 g/mol. The van der Waals surface area contributed by atoms with E-state index in [9.17, 15) is 9.90 Å². The van der Waals surface area contributed by atoms with Crippen LogP contribution in [0.15, 0.2) is 30.3 Å². The predicted octanol–water partition coefficient (Wildman–Crippen LogP) is 3.31. The Hall–Kier alpha value is -2.10. The van der Waals surface area contributed by atoms with Crippen LogP contribution < -0.4 is 4.90 Å². The average Bonchev–Trinajstić information content (AvgIpc) is 2.94. The summed E-state index contributed by atoms with van der Waals surface area (Å²) in [7, 11) is 0. The molecule has 1 aromatic carbocycles. The number of carbonyl (C=O) groups is 1. The summed E-state index contributed by atoms with van der Waals surface area (Å²) < 4.78 is 0. The lowest BCUT2D eigenvalue weighted by Gasteiger charge is -2.27. The Morgan fingerprint density at radius 2 is 2.25 bits per heavy atom. The second-order valence-electron chi connectivity index (χ2n) is 5.25. The van der Waals surface area contributed by atoms with E-state index in [-0.39, 0.29) is 5.69 Å². The minimum absolute atomic E-state index is 0.125. The van der Waals surface area contributed by atoms with Gasteiger partial charge in [0, 0.05) is 23.7 Å². The molecule has 3 rings (SSSR count). The van der Waals surface area contributed by atoms with Gasteiger partial charge >= 0.3 is 5.97 Å². The molecule has 20 heavy (non-hydrogen) atoms. The van der Waals surface area contributed by atoms with Crippen LogP contribution in [-0.4, -0.2) is 28.6 Å². The summed E-state index contributed by atoms with van der Waals surface area (Å²) in [6, 6.07) is 9.99. The minimum atomic E-state index is -0.968. The molecule has 2 heterocycles. The summed E-state index contributed by atoms with van der Waals surface area (Å²) in [6.45, 7) is 3.18. The van der Waals surface area contributed by atoms with Crippen molar-refractivity contribution in [1.82, 2.24) is 4.98 Å². The molecule has 0 aliphatic carbocycles. The van der Waals surface area contributed by atoms with E-state index in [1.54, 1.807) is 6.07 Å². The first-order valence-electron chi connectivity index (χ1n) is 7.10. The van der Waals surface area contributed by atoms with Gasteiger partial charge in [-0.2, -0.15) is 0 Å². The molecule has 4 heteroatoms. The Labute approximate surface area is 118 Å². The van der Waals surface area contributed by atoms with Crippen LogP contribution in [0.3, 0.4) is 0 Å². The van der Waals surface area contributed by atoms with E-state index in [2.05, 4.69) is 16.8 Å². The van der Waals surface area contributed by atoms with E-state index in [1.807, 2.05) is 24.3 Å². The summed E-state index contributed by atoms with van der Waals surface area (Å²) in [5.41, 5.74) is 1.89. The molecule has 0 amide bonds. The first-order valence-corrected chi connectivity index (χ1v) is 7.10. The summed E-state index contributed by atoms with van der Waals surface area (Å²) in [5, 5.41) is 10.3. The SMILES string of the molecule is CCC1CCCN1c1cc(C(=O)O)nc2ccccc12. The van der Waals surface area contributed by atoms with E-state index >= 15 is 0 Å². The van der Waals surface area contributed by atoms with E-state index < -0.39 is 5.97 Å². The highest BCUT2D eigenvalue weighted by atomic mass is 16.4. The summed E-state index contributed by atoms with van der Waals surface area (Å²) in [6.07, 6.45) is 3.42. The number of benzene rings is 1. The maximum Gasteiger partial charge on any atom is 0.354 e. The van der Waals surface area contributed by atoms with Crippen molar-refractivity contribution in [3.63, 3.8) is 0 Å². The molecule has 1 aromatic heterocycles. The fraction of sp³-hybridized carbons (Fsp3) is 0.375. The Balaban J connectivity index is 2.19. The molecule has 0 spiro atoms. The lowest BCUT2D eigenvalue weighted by molar-refractivity contribution is 0.0691. The van der Waals surface area contributed by atoms with Crippen molar-refractivity contribution in [2.75, 3.05) is 11.4 Å². The van der Waals surface area contributed by atoms with E-state index in [0.717, 1.165) is 36.0 Å². The van der Waals surface area contributed by atoms with Crippen LogP contribution in [-0.2, 0) is 0 Å². The third-order valence-electron chi connectivity index (χ3n) is 4.07. The molecule has 0 saturated carbocycles. The maximum atomic E-state index is 11.3. The van der Waals surface area contributed by atoms with Crippen molar-refractivity contribution in [1.29, 1.82) is 0 Å². The number of pyridine rings is 1. The molecule has 2 aromatic rings. The molecule has 1 atom stereocenters. The highest BCUT2D eigenvalue weighted by molar-refractivity contribution is 5.97. The number of nitrogens with zero attached hydrogens (tertiary/aromatic N) is 2. The molecular formula is C16H18N2O2. The van der Waals surface area contributed by atoms with Gasteiger partial charge in [0.1, 0.15) is 0 Å². The number of fused-ring (bicyclic) bond motifs is 1. The van der Waals surface area contributed by atoms with E-state index in [4.69, 9.17) is 0 Å². The fourth-order valence-electron chi connectivity index (χ4n) is 3.08. The second-order valence-corrected chi connectivity index (χ2v) is 5.25. The van der Waals surface area contributed by atoms with E-state index in [1.165, 1.54) is 6.42 Å². The van der Waals surface area contributed by atoms with Gasteiger partial charge in [-0.3, -0.25) is 0 Å². The van der Waals surface area contributed by atoms with Gasteiger partial charge in [0.05, 0.1) is 5.52 Å². The molecular weight excluding hydrogens is 252 g/mol. The molecule has 1 aliphatic heterocycles. The normalized spacial score (nSPS) is 18.6. The largest absolute Gasteiger partial charge is 0.477 e. The second kappa shape index (κ2) is 5.12. The van der Waals surface area contributed by atoms with Crippen LogP contribution in [0.5, 0.6) is 0 Å². The molecule has 0 bridgehead atoms. The molecule has 104 valence electrons. The molecule has 1 aliphatic rings. The van der Waals surface area contributed by atoms with Gasteiger partial charge in [-0.1, -0.05) is 25.1 Å². The van der Waals surface area contributed by atoms with Crippen molar-refractivity contribution in [2.45, 2.75) is 32.2 Å². The topological polar surface area (TPSA) is 53.4 Å². The number of aromatic nitrogens is 1. The number of carboxylic acid groups (broad SMARTS) is 1. The van der Waals surface area contributed by atoms with Crippen molar-refractivity contribution < 1.29 is 9.90 Å². The zero-order chi connectivity index (χ0) is 14.1. The van der Waals surface area contributed by atoms with Crippen LogP contribution in [0.25, 0.3) is 10.9 Å². The maximum absolute atomic E-state index is 11.3. The Bertz CT molecular complexity index is 654. The Morgan fingerprint density at radius 3 is 3.00 bits per heavy atom. The summed E-state index contributed by atoms with van der Waals surface area (Å²) >= 11 is 0. The Kier molecular flexibility index (Phi) is 3.30. The zero-order valence-corrected chi connectivity index (χ0v) is 11.5. The number of para-hydroxylation sites is 1. The van der Waals surface area contributed by atoms with Gasteiger partial charge in [0.15, 0.2) is 5.69 Å². The van der Waals surface area contributed by atoms with Crippen molar-refractivity contribution in [2.24, 2.45) is 0 Å². The molecule has 1 unspecified atom stereocenters. The molecule has 4 nitrogen and oxygen atoms in total. The standard InChI is InChI=1S/C16H18N2O2/c1-2-11-6-5-9-18(11)15-10-14(16(19)20)17-13-8-4-3-7-12(13)15/h3-4,7-8,10-11H,2,5-6,9H2,1H3,(H,19,20). The monoisotopic (exact) mass is 270 g/mol. The molecule has 0 radical (unpaired) electrons. The summed E-state index contributed by atoms with van der Waals surface area (Å²) in [4.78, 5) is 17.9. The molecule has 1 N–H and O–H groups in total. The van der Waals surface area contributed by atoms with Gasteiger partial charge in [-0.15, -0.1) is 0 Å². The highest BCUT2D eigenvalue weighted by Gasteiger charge is 2.25. The fourth-order valence-corrected chi connectivity index (χ4v) is 3.08. The first kappa shape index (κ1) is 12.9. The van der Waals surface area contributed by atoms with Gasteiger partial charge in [0.25, 0.3) is 0 Å².